The van der Waals surface area contributed by atoms with Crippen molar-refractivity contribution in [3.8, 4) is 0 Å². The van der Waals surface area contributed by atoms with Crippen LogP contribution in [-0.2, 0) is 0 Å². The molecular weight excluding hydrogens is 277 g/mol. The molecular formula is C17H32BNO3. The largest absolute Gasteiger partial charge is 0.631 e. The number of nitrogens with one attached hydrogen (secondary N) is 1. The molecule has 4 nitrogen and oxygen atoms in total. The van der Waals surface area contributed by atoms with Gasteiger partial charge in [-0.2, -0.15) is 0 Å². The van der Waals surface area contributed by atoms with E-state index in [9.17, 15) is 0 Å². The summed E-state index contributed by atoms with van der Waals surface area (Å²) in [5.41, 5.74) is 1.70. The molecule has 0 saturated carbocycles. The van der Waals surface area contributed by atoms with Gasteiger partial charge in [0, 0.05) is 11.7 Å². The molecule has 0 amide bonds. The summed E-state index contributed by atoms with van der Waals surface area (Å²) in [5, 5.41) is 25.1. The summed E-state index contributed by atoms with van der Waals surface area (Å²) >= 11 is 0. The molecule has 0 radical (unpaired) electrons. The Morgan fingerprint density at radius 1 is 0.955 bits per heavy atom. The van der Waals surface area contributed by atoms with Crippen molar-refractivity contribution < 1.29 is 15.1 Å². The van der Waals surface area contributed by atoms with E-state index in [1.807, 2.05) is 0 Å². The highest BCUT2D eigenvalue weighted by atomic mass is 16.5. The Hall–Kier alpha value is -1.04. The van der Waals surface area contributed by atoms with Crippen molar-refractivity contribution in [1.29, 1.82) is 0 Å². The zero-order chi connectivity index (χ0) is 17.2. The predicted octanol–water partition coefficient (Wildman–Crippen LogP) is 3.29. The van der Waals surface area contributed by atoms with Crippen molar-refractivity contribution in [2.75, 3.05) is 5.32 Å². The molecule has 1 aromatic carbocycles. The van der Waals surface area contributed by atoms with Crippen LogP contribution >= 0.6 is 0 Å². The molecule has 0 aliphatic rings. The summed E-state index contributed by atoms with van der Waals surface area (Å²) in [7, 11) is -2.17. The monoisotopic (exact) mass is 309 g/mol. The van der Waals surface area contributed by atoms with Gasteiger partial charge in [-0.25, -0.2) is 0 Å². The first-order chi connectivity index (χ1) is 10.3. The third kappa shape index (κ3) is 6.82. The van der Waals surface area contributed by atoms with Crippen LogP contribution in [0.3, 0.4) is 0 Å². The average Bonchev–Trinajstić information content (AvgIpc) is 2.50. The zero-order valence-corrected chi connectivity index (χ0v) is 14.6. The first-order valence-electron chi connectivity index (χ1n) is 8.18. The minimum atomic E-state index is -2.17. The van der Waals surface area contributed by atoms with Gasteiger partial charge in [0.2, 0.25) is 0 Å². The molecule has 0 fully saturated rings. The zero-order valence-electron chi connectivity index (χ0n) is 14.6. The smallest absolute Gasteiger partial charge is 0.402 e. The predicted molar refractivity (Wildman–Crippen MR) is 94.4 cm³/mol. The second-order valence-corrected chi connectivity index (χ2v) is 5.86. The molecule has 0 aromatic heterocycles. The minimum Gasteiger partial charge on any atom is -0.402 e. The molecule has 2 unspecified atom stereocenters. The second-order valence-electron chi connectivity index (χ2n) is 5.86. The van der Waals surface area contributed by atoms with Gasteiger partial charge >= 0.3 is 7.32 Å². The van der Waals surface area contributed by atoms with Gasteiger partial charge in [-0.3, -0.25) is 0 Å². The van der Waals surface area contributed by atoms with Crippen molar-refractivity contribution in [2.24, 2.45) is 11.3 Å². The van der Waals surface area contributed by atoms with Crippen molar-refractivity contribution in [2.45, 2.75) is 59.9 Å². The fourth-order valence-electron chi connectivity index (χ4n) is 3.17. The molecule has 0 aliphatic heterocycles. The third-order valence-electron chi connectivity index (χ3n) is 5.00. The highest BCUT2D eigenvalue weighted by molar-refractivity contribution is 6.30. The van der Waals surface area contributed by atoms with E-state index in [-0.39, 0.29) is 0 Å². The maximum atomic E-state index is 7.17. The molecule has 22 heavy (non-hydrogen) atoms. The van der Waals surface area contributed by atoms with E-state index in [0.717, 1.165) is 0 Å². The van der Waals surface area contributed by atoms with Gasteiger partial charge in [-0.1, -0.05) is 65.2 Å². The van der Waals surface area contributed by atoms with Gasteiger partial charge in [0.15, 0.2) is 0 Å². The van der Waals surface area contributed by atoms with Crippen molar-refractivity contribution in [1.82, 2.24) is 0 Å². The molecule has 1 aromatic rings. The molecule has 0 heterocycles. The number of anilines is 1. The topological polar surface area (TPSA) is 72.7 Å². The Labute approximate surface area is 135 Å². The minimum absolute atomic E-state index is 0.473. The Morgan fingerprint density at radius 3 is 1.73 bits per heavy atom. The number of rotatable bonds is 7. The molecule has 0 saturated heterocycles. The fraction of sp³-hybridized carbons (Fsp3) is 0.647. The van der Waals surface area contributed by atoms with Gasteiger partial charge in [-0.05, 0) is 30.4 Å². The van der Waals surface area contributed by atoms with Crippen LogP contribution in [0.25, 0.3) is 0 Å². The molecule has 4 N–H and O–H groups in total. The van der Waals surface area contributed by atoms with Gasteiger partial charge in [0.25, 0.3) is 0 Å². The normalized spacial score (nSPS) is 13.6. The summed E-state index contributed by atoms with van der Waals surface area (Å²) in [4.78, 5) is 0. The third-order valence-corrected chi connectivity index (χ3v) is 5.00. The Balaban J connectivity index is 0.000000980. The van der Waals surface area contributed by atoms with E-state index in [0.29, 0.717) is 17.4 Å². The van der Waals surface area contributed by atoms with E-state index < -0.39 is 7.32 Å². The molecule has 0 bridgehead atoms. The van der Waals surface area contributed by atoms with Crippen molar-refractivity contribution >= 4 is 13.0 Å². The van der Waals surface area contributed by atoms with Crippen molar-refractivity contribution in [3.63, 3.8) is 0 Å². The van der Waals surface area contributed by atoms with Crippen molar-refractivity contribution in [3.05, 3.63) is 30.3 Å². The Bertz CT molecular complexity index is 372. The summed E-state index contributed by atoms with van der Waals surface area (Å²) in [6, 6.07) is 11.0. The molecule has 0 spiro atoms. The lowest BCUT2D eigenvalue weighted by molar-refractivity contribution is 0.135. The number of hydrogen-bond acceptors (Lipinski definition) is 4. The second kappa shape index (κ2) is 10.7. The molecule has 1 rings (SSSR count). The van der Waals surface area contributed by atoms with Crippen LogP contribution in [0.1, 0.15) is 53.9 Å². The van der Waals surface area contributed by atoms with Crippen LogP contribution in [0, 0.1) is 11.3 Å². The first-order valence-corrected chi connectivity index (χ1v) is 8.18. The lowest BCUT2D eigenvalue weighted by Crippen LogP contribution is -2.37. The van der Waals surface area contributed by atoms with Crippen LogP contribution in [-0.4, -0.2) is 28.4 Å². The van der Waals surface area contributed by atoms with E-state index in [1.54, 1.807) is 0 Å². The lowest BCUT2D eigenvalue weighted by Gasteiger charge is -2.41. The maximum absolute atomic E-state index is 7.17. The van der Waals surface area contributed by atoms with Gasteiger partial charge in [0.1, 0.15) is 0 Å². The van der Waals surface area contributed by atoms with Crippen LogP contribution < -0.4 is 5.32 Å². The molecule has 0 aliphatic carbocycles. The van der Waals surface area contributed by atoms with E-state index in [2.05, 4.69) is 70.3 Å². The highest BCUT2D eigenvalue weighted by Gasteiger charge is 2.34. The molecule has 5 heteroatoms. The SMILES string of the molecule is CCC(CC)(CC)C(C)C(C)Nc1ccccc1.OB(O)O. The summed E-state index contributed by atoms with van der Waals surface area (Å²) in [6.45, 7) is 11.7. The number of benzene rings is 1. The maximum Gasteiger partial charge on any atom is 0.631 e. The quantitative estimate of drug-likeness (QED) is 0.583. The average molecular weight is 309 g/mol. The lowest BCUT2D eigenvalue weighted by atomic mass is 9.67. The first kappa shape index (κ1) is 21.0. The standard InChI is InChI=1S/C17H29N.BH3O3/c1-6-17(7-2,8-3)14(4)15(5)18-16-12-10-9-11-13-16;2-1(3)4/h9-15,18H,6-8H2,1-5H3;2-4H. The van der Waals surface area contributed by atoms with Crippen LogP contribution in [0.4, 0.5) is 5.69 Å². The van der Waals surface area contributed by atoms with E-state index >= 15 is 0 Å². The van der Waals surface area contributed by atoms with E-state index in [4.69, 9.17) is 15.1 Å². The van der Waals surface area contributed by atoms with E-state index in [1.165, 1.54) is 24.9 Å². The van der Waals surface area contributed by atoms with Crippen LogP contribution in [0.2, 0.25) is 0 Å². The molecule has 2 atom stereocenters. The highest BCUT2D eigenvalue weighted by Crippen LogP contribution is 2.40. The van der Waals surface area contributed by atoms with Crippen LogP contribution in [0.15, 0.2) is 30.3 Å². The molecule has 126 valence electrons. The van der Waals surface area contributed by atoms with Gasteiger partial charge in [0.05, 0.1) is 0 Å². The van der Waals surface area contributed by atoms with Gasteiger partial charge in [-0.15, -0.1) is 0 Å². The number of hydrogen-bond donors (Lipinski definition) is 4. The van der Waals surface area contributed by atoms with Crippen LogP contribution in [0.5, 0.6) is 0 Å². The van der Waals surface area contributed by atoms with Gasteiger partial charge < -0.3 is 20.4 Å². The summed E-state index contributed by atoms with van der Waals surface area (Å²) in [5.74, 6) is 0.678. The summed E-state index contributed by atoms with van der Waals surface area (Å²) < 4.78 is 0. The summed E-state index contributed by atoms with van der Waals surface area (Å²) in [6.07, 6.45) is 3.80. The number of para-hydroxylation sites is 1. The fourth-order valence-corrected chi connectivity index (χ4v) is 3.17. The Kier molecular flexibility index (Phi) is 10.2. The Morgan fingerprint density at radius 2 is 1.36 bits per heavy atom.